The molecule has 5 aromatic rings. The van der Waals surface area contributed by atoms with E-state index in [0.717, 1.165) is 12.1 Å². The van der Waals surface area contributed by atoms with Gasteiger partial charge < -0.3 is 94.9 Å². The van der Waals surface area contributed by atoms with Gasteiger partial charge in [-0.05, 0) is 85.6 Å². The molecule has 39 heteroatoms. The number of amides is 9. The highest BCUT2D eigenvalue weighted by molar-refractivity contribution is 6.00. The fraction of sp³-hybridized carbons (Fsp3) is 0.500. The molecule has 1 fully saturated rings. The summed E-state index contributed by atoms with van der Waals surface area (Å²) < 4.78 is 5.38. The number of phenolic OH excluding ortho intramolecular Hbond substituents is 1. The van der Waals surface area contributed by atoms with Crippen LogP contribution in [0.1, 0.15) is 135 Å². The number of aliphatic carboxylic acids is 1. The highest BCUT2D eigenvalue weighted by Crippen LogP contribution is 2.31. The number of aromatic hydroxyl groups is 1. The van der Waals surface area contributed by atoms with Crippen LogP contribution in [0.15, 0.2) is 103 Å². The lowest BCUT2D eigenvalue weighted by atomic mass is 9.96. The van der Waals surface area contributed by atoms with Crippen LogP contribution in [0.2, 0.25) is 0 Å². The van der Waals surface area contributed by atoms with Crippen LogP contribution in [0.5, 0.6) is 5.75 Å². The summed E-state index contributed by atoms with van der Waals surface area (Å²) in [6, 6.07) is 0.946. The number of aromatic nitrogens is 4. The van der Waals surface area contributed by atoms with Crippen molar-refractivity contribution in [2.75, 3.05) is 18.4 Å². The van der Waals surface area contributed by atoms with Crippen molar-refractivity contribution in [2.24, 2.45) is 39.9 Å². The summed E-state index contributed by atoms with van der Waals surface area (Å²) in [6.45, 7) is 11.8. The Morgan fingerprint density at radius 1 is 0.628 bits per heavy atom. The molecule has 113 heavy (non-hydrogen) atoms. The maximum Gasteiger partial charge on any atom is 0.336 e. The van der Waals surface area contributed by atoms with E-state index in [9.17, 15) is 78.4 Å². The summed E-state index contributed by atoms with van der Waals surface area (Å²) in [4.78, 5) is 212. The standard InChI is InChI=1S/C74H102N20O19/c1-8-10-18-52(83-50-26-23-47(93(109)110)34-59(50)94(111)112)72(107)113-73(108)57(29-40(3)4)89-66(101)55(32-45-36-78-38-81-45)85-65(100)53(30-43-16-12-11-13-17-43)86-68(103)58-20-15-28-92(58)71(106)56(33-46-37-79-39-82-46)88-70(105)62(42(7)9-2)91-67(102)54(31-44-21-24-48(95)25-22-44)87-69(104)61(41(5)6)90-64(99)51(19-14-27-80-74(76)77)84-63(98)49(75)35-60(96)97/h11-13,16-17,21-26,34,36-42,49,51-58,61-62,83,95H,8-10,14-15,18-20,27-33,35,75H2,1-7H3,(H,78,81)(H,79,82)(H,84,98)(H,85,100)(H,86,103)(H,87,104)(H,88,105)(H,89,101)(H,90,99)(H,91,102)(H,96,97)(H4,76,77,80)/t42-,49-,51-,52?,53-,54-,55-,56-,57-,58-,61-,62-/m0/s1. The predicted octanol–water partition coefficient (Wildman–Crippen LogP) is 1.14. The number of anilines is 1. The maximum absolute atomic E-state index is 15.3. The molecule has 612 valence electrons. The SMILES string of the molecule is CCCCC(Nc1ccc([N+](=O)[O-])cc1[N+](=O)[O-])C(=O)OC(=O)[C@H](CC(C)C)NC(=O)[C@H](Cc1cnc[nH]1)NC(=O)[C@H](Cc1ccccc1)NC(=O)[C@@H]1CCCN1C(=O)[C@H](Cc1cnc[nH]1)NC(=O)[C@@H](NC(=O)[C@H](Cc1ccc(O)cc1)NC(=O)[C@@H](NC(=O)[C@H](CCCN=C(N)N)NC(=O)[C@@H](N)CC(=O)O)C(C)C)[C@@H](C)CC. The number of benzene rings is 3. The van der Waals surface area contributed by atoms with Crippen LogP contribution >= 0.6 is 0 Å². The lowest BCUT2D eigenvalue weighted by molar-refractivity contribution is -0.393. The minimum Gasteiger partial charge on any atom is -0.508 e. The molecule has 3 heterocycles. The van der Waals surface area contributed by atoms with E-state index in [1.54, 1.807) is 78.8 Å². The van der Waals surface area contributed by atoms with Crippen molar-refractivity contribution in [3.05, 3.63) is 141 Å². The summed E-state index contributed by atoms with van der Waals surface area (Å²) in [6.07, 6.45) is 5.17. The van der Waals surface area contributed by atoms with Gasteiger partial charge in [0.15, 0.2) is 5.96 Å². The number of carbonyl (C=O) groups excluding carboxylic acids is 11. The molecule has 0 radical (unpaired) electrons. The van der Waals surface area contributed by atoms with Gasteiger partial charge in [-0.3, -0.25) is 73.2 Å². The minimum atomic E-state index is -1.56. The molecule has 19 N–H and O–H groups in total. The van der Waals surface area contributed by atoms with Gasteiger partial charge >= 0.3 is 17.9 Å². The third-order valence-electron chi connectivity index (χ3n) is 18.7. The number of aliphatic imine (C=N–C) groups is 1. The number of nitrogens with two attached hydrogens (primary N) is 3. The Morgan fingerprint density at radius 3 is 1.73 bits per heavy atom. The number of hydrogen-bond donors (Lipinski definition) is 16. The lowest BCUT2D eigenvalue weighted by Crippen LogP contribution is -2.62. The fourth-order valence-electron chi connectivity index (χ4n) is 12.4. The number of carbonyl (C=O) groups is 12. The largest absolute Gasteiger partial charge is 0.508 e. The van der Waals surface area contributed by atoms with E-state index in [2.05, 4.69) is 72.8 Å². The number of imidazole rings is 2. The van der Waals surface area contributed by atoms with E-state index >= 15 is 9.59 Å². The number of non-ortho nitro benzene ring substituents is 1. The van der Waals surface area contributed by atoms with Crippen LogP contribution in [0.4, 0.5) is 17.1 Å². The molecular formula is C74H102N20O19. The summed E-state index contributed by atoms with van der Waals surface area (Å²) >= 11 is 0. The van der Waals surface area contributed by atoms with Crippen LogP contribution in [-0.4, -0.2) is 201 Å². The number of likely N-dealkylation sites (tertiary alicyclic amines) is 1. The van der Waals surface area contributed by atoms with E-state index in [-0.39, 0.29) is 107 Å². The van der Waals surface area contributed by atoms with Gasteiger partial charge in [0.05, 0.1) is 41.0 Å². The van der Waals surface area contributed by atoms with Gasteiger partial charge in [-0.1, -0.05) is 110 Å². The number of rotatable bonds is 45. The molecule has 9 amide bonds. The number of phenols is 1. The number of nitrogens with one attached hydrogen (secondary N) is 11. The highest BCUT2D eigenvalue weighted by atomic mass is 16.6. The van der Waals surface area contributed by atoms with Crippen molar-refractivity contribution in [3.8, 4) is 5.75 Å². The Kier molecular flexibility index (Phi) is 34.7. The molecular weight excluding hydrogens is 1470 g/mol. The number of ether oxygens (including phenoxy) is 1. The Hall–Kier alpha value is -12.4. The molecule has 0 saturated carbocycles. The maximum atomic E-state index is 15.3. The van der Waals surface area contributed by atoms with Crippen LogP contribution in [0.25, 0.3) is 0 Å². The van der Waals surface area contributed by atoms with E-state index in [0.29, 0.717) is 41.4 Å². The van der Waals surface area contributed by atoms with E-state index in [1.165, 1.54) is 54.2 Å². The van der Waals surface area contributed by atoms with Crippen molar-refractivity contribution in [1.82, 2.24) is 67.4 Å². The van der Waals surface area contributed by atoms with Crippen LogP contribution in [0.3, 0.4) is 0 Å². The van der Waals surface area contributed by atoms with Crippen molar-refractivity contribution in [2.45, 2.75) is 205 Å². The molecule has 1 aliphatic rings. The zero-order valence-electron chi connectivity index (χ0n) is 63.9. The molecule has 12 atom stereocenters. The Balaban J connectivity index is 1.24. The number of unbranched alkanes of at least 4 members (excludes halogenated alkanes) is 1. The molecule has 6 rings (SSSR count). The number of esters is 2. The second kappa shape index (κ2) is 43.8. The highest BCUT2D eigenvalue weighted by Gasteiger charge is 2.43. The lowest BCUT2D eigenvalue weighted by Gasteiger charge is -2.32. The van der Waals surface area contributed by atoms with Crippen molar-refractivity contribution >= 4 is 94.1 Å². The minimum absolute atomic E-state index is 0.00745. The number of carboxylic acid groups (broad SMARTS) is 1. The topological polar surface area (TPSA) is 600 Å². The summed E-state index contributed by atoms with van der Waals surface area (Å²) in [5.74, 6) is -13.8. The smallest absolute Gasteiger partial charge is 0.336 e. The number of carboxylic acids is 1. The van der Waals surface area contributed by atoms with E-state index in [4.69, 9.17) is 21.9 Å². The number of hydrogen-bond acceptors (Lipinski definition) is 23. The zero-order valence-corrected chi connectivity index (χ0v) is 63.9. The summed E-state index contributed by atoms with van der Waals surface area (Å²) in [5, 5.41) is 67.2. The third kappa shape index (κ3) is 28.1. The molecule has 0 aliphatic carbocycles. The molecule has 1 saturated heterocycles. The normalized spacial score (nSPS) is 15.5. The quantitative estimate of drug-likeness (QED) is 0.00494. The van der Waals surface area contributed by atoms with Crippen LogP contribution in [0, 0.1) is 38.0 Å². The zero-order chi connectivity index (χ0) is 83.2. The number of H-pyrrole nitrogens is 2. The van der Waals surface area contributed by atoms with Gasteiger partial charge in [0.25, 0.3) is 11.4 Å². The second-order valence-electron chi connectivity index (χ2n) is 28.4. The molecule has 0 spiro atoms. The van der Waals surface area contributed by atoms with Gasteiger partial charge in [0.2, 0.25) is 53.2 Å². The number of aromatic amines is 2. The molecule has 3 aromatic carbocycles. The van der Waals surface area contributed by atoms with Gasteiger partial charge in [-0.25, -0.2) is 19.6 Å². The summed E-state index contributed by atoms with van der Waals surface area (Å²) in [7, 11) is 0. The molecule has 39 nitrogen and oxygen atoms in total. The van der Waals surface area contributed by atoms with Crippen molar-refractivity contribution < 1.29 is 82.3 Å². The number of nitro groups is 2. The van der Waals surface area contributed by atoms with Gasteiger partial charge in [-0.15, -0.1) is 0 Å². The second-order valence-corrected chi connectivity index (χ2v) is 28.4. The van der Waals surface area contributed by atoms with Crippen molar-refractivity contribution in [3.63, 3.8) is 0 Å². The fourth-order valence-corrected chi connectivity index (χ4v) is 12.4. The van der Waals surface area contributed by atoms with Gasteiger partial charge in [-0.2, -0.15) is 0 Å². The number of nitro benzene ring substituents is 2. The third-order valence-corrected chi connectivity index (χ3v) is 18.7. The number of nitrogens with zero attached hydrogens (tertiary/aromatic N) is 6. The predicted molar refractivity (Wildman–Crippen MR) is 408 cm³/mol. The Bertz CT molecular complexity index is 4120. The first kappa shape index (κ1) is 89.4. The molecule has 0 bridgehead atoms. The van der Waals surface area contributed by atoms with Gasteiger partial charge in [0, 0.05) is 68.6 Å². The average Bonchev–Trinajstić information content (AvgIpc) is 1.80. The number of guanidine groups is 1. The Morgan fingerprint density at radius 2 is 1.16 bits per heavy atom. The molecule has 2 aromatic heterocycles. The first-order chi connectivity index (χ1) is 53.7. The molecule has 1 unspecified atom stereocenters. The first-order valence-electron chi connectivity index (χ1n) is 37.1. The average molecular weight is 1580 g/mol. The first-order valence-corrected chi connectivity index (χ1v) is 37.1. The summed E-state index contributed by atoms with van der Waals surface area (Å²) in [5.41, 5.74) is 16.9. The van der Waals surface area contributed by atoms with Gasteiger partial charge in [0.1, 0.15) is 71.9 Å². The van der Waals surface area contributed by atoms with Crippen molar-refractivity contribution in [1.29, 1.82) is 0 Å². The van der Waals surface area contributed by atoms with Crippen LogP contribution in [-0.2, 0) is 88.0 Å². The molecule has 1 aliphatic heterocycles. The Labute approximate surface area is 650 Å². The van der Waals surface area contributed by atoms with E-state index < -0.39 is 177 Å². The van der Waals surface area contributed by atoms with E-state index in [1.807, 2.05) is 0 Å². The monoisotopic (exact) mass is 1570 g/mol. The van der Waals surface area contributed by atoms with Crippen LogP contribution < -0.4 is 65.1 Å².